The highest BCUT2D eigenvalue weighted by Gasteiger charge is 2.24. The van der Waals surface area contributed by atoms with Gasteiger partial charge in [0.25, 0.3) is 0 Å². The number of aryl methyl sites for hydroxylation is 1. The van der Waals surface area contributed by atoms with Crippen molar-refractivity contribution >= 4 is 18.3 Å². The third-order valence-corrected chi connectivity index (χ3v) is 4.78. The molecule has 1 N–H and O–H groups in total. The van der Waals surface area contributed by atoms with Crippen molar-refractivity contribution in [2.24, 2.45) is 0 Å². The number of aromatic nitrogens is 1. The summed E-state index contributed by atoms with van der Waals surface area (Å²) >= 11 is 0. The van der Waals surface area contributed by atoms with E-state index in [4.69, 9.17) is 4.52 Å². The first-order valence-electron chi connectivity index (χ1n) is 9.23. The number of amides is 1. The molecule has 1 aliphatic heterocycles. The molecule has 1 aromatic heterocycles. The van der Waals surface area contributed by atoms with Gasteiger partial charge in [0.15, 0.2) is 0 Å². The molecule has 142 valence electrons. The fourth-order valence-electron chi connectivity index (χ4n) is 3.27. The molecule has 1 fully saturated rings. The number of carbonyl (C=O) groups excluding carboxylic acids is 1. The molecule has 6 heteroatoms. The van der Waals surface area contributed by atoms with Crippen LogP contribution in [-0.4, -0.2) is 42.1 Å². The molecule has 0 radical (unpaired) electrons. The van der Waals surface area contributed by atoms with E-state index in [-0.39, 0.29) is 24.4 Å². The van der Waals surface area contributed by atoms with Gasteiger partial charge >= 0.3 is 0 Å². The standard InChI is InChI=1S/C20H27N3O2.ClH/c1-23(20(24)18-12-8-13-21-18)14-7-3-6-11-17-15-19(22-25-17)16-9-4-2-5-10-16;/h2,4-5,9-10,15,18,21H,3,6-8,11-14H2,1H3;1H. The molecule has 2 aromatic rings. The molecule has 1 atom stereocenters. The second kappa shape index (κ2) is 10.3. The Bertz CT molecular complexity index is 669. The fraction of sp³-hybridized carbons (Fsp3) is 0.500. The van der Waals surface area contributed by atoms with Gasteiger partial charge in [-0.05, 0) is 32.2 Å². The van der Waals surface area contributed by atoms with Gasteiger partial charge in [-0.2, -0.15) is 0 Å². The smallest absolute Gasteiger partial charge is 0.239 e. The van der Waals surface area contributed by atoms with E-state index in [1.165, 1.54) is 0 Å². The lowest BCUT2D eigenvalue weighted by atomic mass is 10.1. The molecule has 3 rings (SSSR count). The summed E-state index contributed by atoms with van der Waals surface area (Å²) in [5.74, 6) is 1.17. The van der Waals surface area contributed by atoms with Crippen molar-refractivity contribution in [1.82, 2.24) is 15.4 Å². The van der Waals surface area contributed by atoms with Crippen molar-refractivity contribution in [2.45, 2.75) is 44.6 Å². The van der Waals surface area contributed by atoms with Crippen LogP contribution in [0.15, 0.2) is 40.9 Å². The molecule has 0 spiro atoms. The minimum atomic E-state index is 0. The molecule has 1 aromatic carbocycles. The van der Waals surface area contributed by atoms with Crippen molar-refractivity contribution < 1.29 is 9.32 Å². The second-order valence-corrected chi connectivity index (χ2v) is 6.76. The minimum absolute atomic E-state index is 0. The number of rotatable bonds is 8. The van der Waals surface area contributed by atoms with Crippen LogP contribution in [0.1, 0.15) is 37.9 Å². The van der Waals surface area contributed by atoms with Crippen molar-refractivity contribution in [3.63, 3.8) is 0 Å². The zero-order valence-electron chi connectivity index (χ0n) is 15.3. The van der Waals surface area contributed by atoms with Gasteiger partial charge in [-0.3, -0.25) is 4.79 Å². The van der Waals surface area contributed by atoms with E-state index in [0.29, 0.717) is 0 Å². The number of benzene rings is 1. The third-order valence-electron chi connectivity index (χ3n) is 4.78. The lowest BCUT2D eigenvalue weighted by molar-refractivity contribution is -0.131. The zero-order chi connectivity index (χ0) is 17.5. The van der Waals surface area contributed by atoms with Crippen LogP contribution in [-0.2, 0) is 11.2 Å². The quantitative estimate of drug-likeness (QED) is 0.713. The van der Waals surface area contributed by atoms with Gasteiger partial charge in [0.05, 0.1) is 6.04 Å². The lowest BCUT2D eigenvalue weighted by Gasteiger charge is -2.21. The number of hydrogen-bond acceptors (Lipinski definition) is 4. The molecule has 1 unspecified atom stereocenters. The number of nitrogens with one attached hydrogen (secondary N) is 1. The number of unbranched alkanes of at least 4 members (excludes halogenated alkanes) is 2. The van der Waals surface area contributed by atoms with Gasteiger partial charge < -0.3 is 14.7 Å². The van der Waals surface area contributed by atoms with Crippen LogP contribution in [0, 0.1) is 0 Å². The van der Waals surface area contributed by atoms with Gasteiger partial charge in [0.1, 0.15) is 11.5 Å². The van der Waals surface area contributed by atoms with Gasteiger partial charge in [0.2, 0.25) is 5.91 Å². The highest BCUT2D eigenvalue weighted by Crippen LogP contribution is 2.19. The summed E-state index contributed by atoms with van der Waals surface area (Å²) in [6, 6.07) is 12.1. The van der Waals surface area contributed by atoms with Crippen molar-refractivity contribution in [3.05, 3.63) is 42.2 Å². The highest BCUT2D eigenvalue weighted by molar-refractivity contribution is 5.85. The average Bonchev–Trinajstić information content (AvgIpc) is 3.33. The van der Waals surface area contributed by atoms with E-state index in [9.17, 15) is 4.79 Å². The fourth-order valence-corrected chi connectivity index (χ4v) is 3.27. The maximum absolute atomic E-state index is 12.2. The SMILES string of the molecule is CN(CCCCCc1cc(-c2ccccc2)no1)C(=O)C1CCCN1.Cl. The van der Waals surface area contributed by atoms with Crippen molar-refractivity contribution in [2.75, 3.05) is 20.1 Å². The second-order valence-electron chi connectivity index (χ2n) is 6.76. The summed E-state index contributed by atoms with van der Waals surface area (Å²) in [6.45, 7) is 1.79. The molecule has 1 aliphatic rings. The summed E-state index contributed by atoms with van der Waals surface area (Å²) in [7, 11) is 1.91. The molecule has 0 aliphatic carbocycles. The number of hydrogen-bond donors (Lipinski definition) is 1. The van der Waals surface area contributed by atoms with E-state index in [2.05, 4.69) is 10.5 Å². The summed E-state index contributed by atoms with van der Waals surface area (Å²) in [5, 5.41) is 7.41. The molecular formula is C20H28ClN3O2. The van der Waals surface area contributed by atoms with Gasteiger partial charge in [0, 0.05) is 31.6 Å². The topological polar surface area (TPSA) is 58.4 Å². The van der Waals surface area contributed by atoms with E-state index < -0.39 is 0 Å². The Morgan fingerprint density at radius 3 is 2.81 bits per heavy atom. The molecule has 1 saturated heterocycles. The lowest BCUT2D eigenvalue weighted by Crippen LogP contribution is -2.41. The first-order valence-corrected chi connectivity index (χ1v) is 9.23. The number of halogens is 1. The first kappa shape index (κ1) is 20.5. The molecule has 0 saturated carbocycles. The molecule has 0 bridgehead atoms. The molecule has 1 amide bonds. The maximum Gasteiger partial charge on any atom is 0.239 e. The van der Waals surface area contributed by atoms with Crippen LogP contribution in [0.3, 0.4) is 0 Å². The number of likely N-dealkylation sites (N-methyl/N-ethyl adjacent to an activating group) is 1. The van der Waals surface area contributed by atoms with Crippen molar-refractivity contribution in [1.29, 1.82) is 0 Å². The molecule has 26 heavy (non-hydrogen) atoms. The number of carbonyl (C=O) groups is 1. The van der Waals surface area contributed by atoms with E-state index in [0.717, 1.165) is 68.6 Å². The summed E-state index contributed by atoms with van der Waals surface area (Å²) in [5.41, 5.74) is 1.98. The van der Waals surface area contributed by atoms with Crippen LogP contribution >= 0.6 is 12.4 Å². The Hall–Kier alpha value is -1.85. The van der Waals surface area contributed by atoms with Crippen LogP contribution in [0.2, 0.25) is 0 Å². The van der Waals surface area contributed by atoms with E-state index in [1.54, 1.807) is 0 Å². The van der Waals surface area contributed by atoms with Crippen LogP contribution in [0.4, 0.5) is 0 Å². The molecule has 5 nitrogen and oxygen atoms in total. The zero-order valence-corrected chi connectivity index (χ0v) is 16.1. The Morgan fingerprint density at radius 2 is 2.08 bits per heavy atom. The van der Waals surface area contributed by atoms with Crippen molar-refractivity contribution in [3.8, 4) is 11.3 Å². The van der Waals surface area contributed by atoms with Gasteiger partial charge in [-0.1, -0.05) is 41.9 Å². The maximum atomic E-state index is 12.2. The molecular weight excluding hydrogens is 350 g/mol. The highest BCUT2D eigenvalue weighted by atomic mass is 35.5. The molecule has 2 heterocycles. The summed E-state index contributed by atoms with van der Waals surface area (Å²) in [4.78, 5) is 14.1. The van der Waals surface area contributed by atoms with Crippen LogP contribution in [0.25, 0.3) is 11.3 Å². The summed E-state index contributed by atoms with van der Waals surface area (Å²) < 4.78 is 5.43. The Morgan fingerprint density at radius 1 is 1.27 bits per heavy atom. The summed E-state index contributed by atoms with van der Waals surface area (Å²) in [6.07, 6.45) is 6.12. The van der Waals surface area contributed by atoms with E-state index >= 15 is 0 Å². The van der Waals surface area contributed by atoms with Gasteiger partial charge in [-0.15, -0.1) is 12.4 Å². The largest absolute Gasteiger partial charge is 0.361 e. The Labute approximate surface area is 161 Å². The van der Waals surface area contributed by atoms with Crippen LogP contribution < -0.4 is 5.32 Å². The van der Waals surface area contributed by atoms with Crippen LogP contribution in [0.5, 0.6) is 0 Å². The van der Waals surface area contributed by atoms with E-state index in [1.807, 2.05) is 48.3 Å². The number of nitrogens with zero attached hydrogens (tertiary/aromatic N) is 2. The predicted octanol–water partition coefficient (Wildman–Crippen LogP) is 3.69. The monoisotopic (exact) mass is 377 g/mol. The average molecular weight is 378 g/mol. The minimum Gasteiger partial charge on any atom is -0.361 e. The third kappa shape index (κ3) is 5.58. The Balaban J connectivity index is 0.00000243. The first-order chi connectivity index (χ1) is 12.2. The normalized spacial score (nSPS) is 16.3. The van der Waals surface area contributed by atoms with Gasteiger partial charge in [-0.25, -0.2) is 0 Å². The Kier molecular flexibility index (Phi) is 8.13. The predicted molar refractivity (Wildman–Crippen MR) is 105 cm³/mol.